The van der Waals surface area contributed by atoms with E-state index in [1.165, 1.54) is 0 Å². The van der Waals surface area contributed by atoms with Gasteiger partial charge in [0.2, 0.25) is 0 Å². The van der Waals surface area contributed by atoms with Crippen LogP contribution in [0.1, 0.15) is 20.3 Å². The van der Waals surface area contributed by atoms with Gasteiger partial charge in [-0.05, 0) is 5.92 Å². The zero-order valence-corrected chi connectivity index (χ0v) is 7.36. The molecule has 0 amide bonds. The number of halogens is 1. The van der Waals surface area contributed by atoms with Gasteiger partial charge in [-0.1, -0.05) is 13.8 Å². The summed E-state index contributed by atoms with van der Waals surface area (Å²) in [6, 6.07) is 0. The summed E-state index contributed by atoms with van der Waals surface area (Å²) in [6.45, 7) is 4.64. The van der Waals surface area contributed by atoms with Gasteiger partial charge >= 0.3 is 0 Å². The van der Waals surface area contributed by atoms with Crippen molar-refractivity contribution in [2.24, 2.45) is 11.8 Å². The molecule has 0 aliphatic heterocycles. The predicted molar refractivity (Wildman–Crippen MR) is 35.6 cm³/mol. The number of hydrogen-bond acceptors (Lipinski definition) is 1. The van der Waals surface area contributed by atoms with Gasteiger partial charge < -0.3 is 23.2 Å². The number of quaternary nitrogens is 1. The highest BCUT2D eigenvalue weighted by Gasteiger charge is 2.56. The first kappa shape index (κ1) is 10.2. The zero-order chi connectivity index (χ0) is 7.07. The third-order valence-corrected chi connectivity index (χ3v) is 2.37. The average Bonchev–Trinajstić information content (AvgIpc) is 2.44. The second-order valence-electron chi connectivity index (χ2n) is 3.58. The molecule has 0 saturated heterocycles. The molecule has 1 rings (SSSR count). The van der Waals surface area contributed by atoms with Gasteiger partial charge in [0.15, 0.2) is 0 Å². The molecule has 0 heterocycles. The molecule has 2 nitrogen and oxygen atoms in total. The molecule has 0 aromatic heterocycles. The van der Waals surface area contributed by atoms with Gasteiger partial charge in [-0.3, -0.25) is 0 Å². The van der Waals surface area contributed by atoms with E-state index in [1.807, 2.05) is 0 Å². The van der Waals surface area contributed by atoms with Crippen LogP contribution in [0.2, 0.25) is 0 Å². The van der Waals surface area contributed by atoms with E-state index in [0.29, 0.717) is 11.8 Å². The maximum atomic E-state index is 8.82. The first-order chi connectivity index (χ1) is 4.10. The molecule has 10 heavy (non-hydrogen) atoms. The highest BCUT2D eigenvalue weighted by atomic mass is 35.5. The molecule has 1 fully saturated rings. The van der Waals surface area contributed by atoms with E-state index in [9.17, 15) is 0 Å². The SMILES string of the molecule is CC(C)C1CC1([NH3+])CO.[Cl-]. The number of aliphatic hydroxyl groups is 1. The summed E-state index contributed by atoms with van der Waals surface area (Å²) in [7, 11) is 0. The van der Waals surface area contributed by atoms with Gasteiger partial charge in [0, 0.05) is 12.3 Å². The second kappa shape index (κ2) is 3.07. The summed E-state index contributed by atoms with van der Waals surface area (Å²) in [5, 5.41) is 8.82. The van der Waals surface area contributed by atoms with Gasteiger partial charge in [0.1, 0.15) is 5.54 Å². The zero-order valence-electron chi connectivity index (χ0n) is 6.60. The normalized spacial score (nSPS) is 37.5. The average molecular weight is 166 g/mol. The first-order valence-corrected chi connectivity index (χ1v) is 3.56. The van der Waals surface area contributed by atoms with Crippen LogP contribution in [0.5, 0.6) is 0 Å². The molecule has 1 saturated carbocycles. The molecule has 0 bridgehead atoms. The highest BCUT2D eigenvalue weighted by Crippen LogP contribution is 2.43. The van der Waals surface area contributed by atoms with Crippen LogP contribution in [0.4, 0.5) is 0 Å². The van der Waals surface area contributed by atoms with E-state index in [1.54, 1.807) is 0 Å². The smallest absolute Gasteiger partial charge is 0.122 e. The van der Waals surface area contributed by atoms with Crippen molar-refractivity contribution in [3.63, 3.8) is 0 Å². The summed E-state index contributed by atoms with van der Waals surface area (Å²) in [4.78, 5) is 0. The monoisotopic (exact) mass is 165 g/mol. The quantitative estimate of drug-likeness (QED) is 0.441. The van der Waals surface area contributed by atoms with Crippen molar-refractivity contribution >= 4 is 0 Å². The number of rotatable bonds is 2. The molecule has 4 N–H and O–H groups in total. The molecular formula is C7H16ClNO. The van der Waals surface area contributed by atoms with Gasteiger partial charge in [-0.2, -0.15) is 0 Å². The van der Waals surface area contributed by atoms with E-state index in [-0.39, 0.29) is 24.6 Å². The number of hydrogen-bond donors (Lipinski definition) is 2. The second-order valence-corrected chi connectivity index (χ2v) is 3.58. The molecule has 2 atom stereocenters. The Balaban J connectivity index is 0.000000810. The Morgan fingerprint density at radius 3 is 2.30 bits per heavy atom. The Morgan fingerprint density at radius 2 is 2.20 bits per heavy atom. The Bertz CT molecular complexity index is 118. The largest absolute Gasteiger partial charge is 1.00 e. The lowest BCUT2D eigenvalue weighted by Gasteiger charge is -2.05. The lowest BCUT2D eigenvalue weighted by atomic mass is 10.1. The van der Waals surface area contributed by atoms with E-state index >= 15 is 0 Å². The summed E-state index contributed by atoms with van der Waals surface area (Å²) in [5.41, 5.74) is 3.99. The maximum absolute atomic E-state index is 8.82. The van der Waals surface area contributed by atoms with Gasteiger partial charge in [0.05, 0.1) is 6.61 Å². The fourth-order valence-corrected chi connectivity index (χ4v) is 1.50. The minimum absolute atomic E-state index is 0. The fourth-order valence-electron chi connectivity index (χ4n) is 1.50. The molecule has 0 spiro atoms. The lowest BCUT2D eigenvalue weighted by molar-refractivity contribution is -0.450. The minimum Gasteiger partial charge on any atom is -1.00 e. The van der Waals surface area contributed by atoms with Crippen LogP contribution in [0.3, 0.4) is 0 Å². The molecule has 0 aromatic rings. The van der Waals surface area contributed by atoms with Gasteiger partial charge in [-0.15, -0.1) is 0 Å². The number of aliphatic hydroxyl groups excluding tert-OH is 1. The Labute approximate surface area is 68.2 Å². The molecule has 2 unspecified atom stereocenters. The molecule has 62 valence electrons. The summed E-state index contributed by atoms with van der Waals surface area (Å²) in [6.07, 6.45) is 1.11. The molecule has 3 heteroatoms. The minimum atomic E-state index is 0. The van der Waals surface area contributed by atoms with Crippen molar-refractivity contribution in [2.45, 2.75) is 25.8 Å². The van der Waals surface area contributed by atoms with Crippen molar-refractivity contribution in [3.8, 4) is 0 Å². The van der Waals surface area contributed by atoms with Gasteiger partial charge in [-0.25, -0.2) is 0 Å². The topological polar surface area (TPSA) is 47.9 Å². The third kappa shape index (κ3) is 1.62. The molecule has 0 radical (unpaired) electrons. The lowest BCUT2D eigenvalue weighted by Crippen LogP contribution is -3.00. The van der Waals surface area contributed by atoms with Crippen LogP contribution in [-0.2, 0) is 0 Å². The Hall–Kier alpha value is 0.210. The van der Waals surface area contributed by atoms with E-state index in [2.05, 4.69) is 19.6 Å². The van der Waals surface area contributed by atoms with Crippen molar-refractivity contribution in [1.29, 1.82) is 0 Å². The van der Waals surface area contributed by atoms with Crippen LogP contribution in [0.25, 0.3) is 0 Å². The predicted octanol–water partition coefficient (Wildman–Crippen LogP) is -3.36. The van der Waals surface area contributed by atoms with Crippen molar-refractivity contribution in [2.75, 3.05) is 6.61 Å². The van der Waals surface area contributed by atoms with Crippen molar-refractivity contribution < 1.29 is 23.2 Å². The van der Waals surface area contributed by atoms with E-state index in [4.69, 9.17) is 5.11 Å². The molecule has 1 aliphatic carbocycles. The summed E-state index contributed by atoms with van der Waals surface area (Å²) in [5.74, 6) is 1.36. The summed E-state index contributed by atoms with van der Waals surface area (Å²) >= 11 is 0. The van der Waals surface area contributed by atoms with Crippen molar-refractivity contribution in [3.05, 3.63) is 0 Å². The highest BCUT2D eigenvalue weighted by molar-refractivity contribution is 5.02. The van der Waals surface area contributed by atoms with E-state index in [0.717, 1.165) is 6.42 Å². The summed E-state index contributed by atoms with van der Waals surface area (Å²) < 4.78 is 0. The fraction of sp³-hybridized carbons (Fsp3) is 1.00. The van der Waals surface area contributed by atoms with Crippen molar-refractivity contribution in [1.82, 2.24) is 0 Å². The van der Waals surface area contributed by atoms with E-state index < -0.39 is 0 Å². The molecule has 1 aliphatic rings. The third-order valence-electron chi connectivity index (χ3n) is 2.37. The Kier molecular flexibility index (Phi) is 3.14. The van der Waals surface area contributed by atoms with Crippen LogP contribution < -0.4 is 18.1 Å². The van der Waals surface area contributed by atoms with Gasteiger partial charge in [0.25, 0.3) is 0 Å². The Morgan fingerprint density at radius 1 is 1.70 bits per heavy atom. The first-order valence-electron chi connectivity index (χ1n) is 3.56. The van der Waals surface area contributed by atoms with Crippen LogP contribution in [-0.4, -0.2) is 17.3 Å². The maximum Gasteiger partial charge on any atom is 0.122 e. The van der Waals surface area contributed by atoms with Crippen LogP contribution >= 0.6 is 0 Å². The van der Waals surface area contributed by atoms with Crippen LogP contribution in [0, 0.1) is 11.8 Å². The van der Waals surface area contributed by atoms with Crippen LogP contribution in [0.15, 0.2) is 0 Å². The molecule has 0 aromatic carbocycles. The molecular weight excluding hydrogens is 150 g/mol. The standard InChI is InChI=1S/C7H15NO.ClH/c1-5(2)6-3-7(6,8)4-9;/h5-6,9H,3-4,8H2,1-2H3;1H.